The highest BCUT2D eigenvalue weighted by Crippen LogP contribution is 2.09. The highest BCUT2D eigenvalue weighted by Gasteiger charge is 2.17. The molecule has 0 radical (unpaired) electrons. The minimum absolute atomic E-state index is 0.170. The van der Waals surface area contributed by atoms with E-state index in [0.29, 0.717) is 12.0 Å². The first-order valence-corrected chi connectivity index (χ1v) is 6.93. The second-order valence-electron chi connectivity index (χ2n) is 4.69. The smallest absolute Gasteiger partial charge is 0.362 e. The molecule has 1 heterocycles. The van der Waals surface area contributed by atoms with E-state index in [1.54, 1.807) is 17.8 Å². The fraction of sp³-hybridized carbons (Fsp3) is 0.312. The van der Waals surface area contributed by atoms with E-state index in [1.807, 2.05) is 38.1 Å². The van der Waals surface area contributed by atoms with E-state index in [2.05, 4.69) is 5.10 Å². The highest BCUT2D eigenvalue weighted by molar-refractivity contribution is 5.87. The lowest BCUT2D eigenvalue weighted by Crippen LogP contribution is -2.26. The van der Waals surface area contributed by atoms with Crippen LogP contribution in [0.3, 0.4) is 0 Å². The molecular formula is C16H18N2O3. The van der Waals surface area contributed by atoms with Gasteiger partial charge in [0.2, 0.25) is 11.1 Å². The highest BCUT2D eigenvalue weighted by atomic mass is 16.5. The number of benzene rings is 1. The predicted molar refractivity (Wildman–Crippen MR) is 79.9 cm³/mol. The van der Waals surface area contributed by atoms with Gasteiger partial charge in [0.15, 0.2) is 0 Å². The van der Waals surface area contributed by atoms with Gasteiger partial charge in [0.25, 0.3) is 0 Å². The molecule has 110 valence electrons. The number of esters is 1. The molecule has 0 N–H and O–H groups in total. The summed E-state index contributed by atoms with van der Waals surface area (Å²) in [4.78, 5) is 24.1. The maximum Gasteiger partial charge on any atom is 0.362 e. The third-order valence-electron chi connectivity index (χ3n) is 3.14. The second kappa shape index (κ2) is 6.35. The maximum atomic E-state index is 12.2. The molecular weight excluding hydrogens is 268 g/mol. The summed E-state index contributed by atoms with van der Waals surface area (Å²) in [6, 6.07) is 7.68. The zero-order valence-corrected chi connectivity index (χ0v) is 12.4. The van der Waals surface area contributed by atoms with E-state index >= 15 is 0 Å². The summed E-state index contributed by atoms with van der Waals surface area (Å²) in [6.07, 6.45) is 2.19. The average Bonchev–Trinajstić information content (AvgIpc) is 2.48. The van der Waals surface area contributed by atoms with Crippen LogP contribution in [0.15, 0.2) is 35.3 Å². The van der Waals surface area contributed by atoms with Crippen LogP contribution in [0.1, 0.15) is 35.5 Å². The molecule has 21 heavy (non-hydrogen) atoms. The van der Waals surface area contributed by atoms with Crippen molar-refractivity contribution in [2.75, 3.05) is 6.61 Å². The maximum absolute atomic E-state index is 12.2. The van der Waals surface area contributed by atoms with Gasteiger partial charge in [-0.3, -0.25) is 4.79 Å². The van der Waals surface area contributed by atoms with Gasteiger partial charge in [-0.15, -0.1) is 0 Å². The van der Waals surface area contributed by atoms with Crippen LogP contribution >= 0.6 is 0 Å². The van der Waals surface area contributed by atoms with Crippen LogP contribution in [0.5, 0.6) is 0 Å². The van der Waals surface area contributed by atoms with Crippen LogP contribution in [0.25, 0.3) is 5.69 Å². The van der Waals surface area contributed by atoms with Crippen molar-refractivity contribution in [2.24, 2.45) is 0 Å². The molecule has 0 spiro atoms. The van der Waals surface area contributed by atoms with E-state index in [0.717, 1.165) is 11.3 Å². The topological polar surface area (TPSA) is 61.2 Å². The Kier molecular flexibility index (Phi) is 4.52. The Balaban J connectivity index is 2.57. The van der Waals surface area contributed by atoms with Gasteiger partial charge in [-0.1, -0.05) is 24.6 Å². The lowest BCUT2D eigenvalue weighted by molar-refractivity contribution is 0.0515. The van der Waals surface area contributed by atoms with Crippen molar-refractivity contribution >= 4 is 5.97 Å². The zero-order valence-electron chi connectivity index (χ0n) is 12.4. The van der Waals surface area contributed by atoms with Gasteiger partial charge in [-0.2, -0.15) is 5.10 Å². The molecule has 1 aromatic carbocycles. The molecule has 5 heteroatoms. The van der Waals surface area contributed by atoms with E-state index in [-0.39, 0.29) is 17.7 Å². The quantitative estimate of drug-likeness (QED) is 0.809. The van der Waals surface area contributed by atoms with Crippen molar-refractivity contribution < 1.29 is 9.53 Å². The zero-order chi connectivity index (χ0) is 15.4. The first-order valence-electron chi connectivity index (χ1n) is 6.93. The SMILES string of the molecule is CCOC(=O)c1nn(-c2ccc(C)cc2)cc(CC)c1=O. The molecule has 1 aromatic heterocycles. The molecule has 0 aliphatic heterocycles. The Morgan fingerprint density at radius 3 is 2.48 bits per heavy atom. The summed E-state index contributed by atoms with van der Waals surface area (Å²) in [5.41, 5.74) is 1.92. The Hall–Kier alpha value is -2.43. The van der Waals surface area contributed by atoms with Crippen LogP contribution in [0, 0.1) is 6.92 Å². The normalized spacial score (nSPS) is 10.4. The standard InChI is InChI=1S/C16H18N2O3/c1-4-12-10-18(13-8-6-11(3)7-9-13)17-14(15(12)19)16(20)21-5-2/h6-10H,4-5H2,1-3H3. The van der Waals surface area contributed by atoms with Gasteiger partial charge in [0.05, 0.1) is 12.3 Å². The molecule has 5 nitrogen and oxygen atoms in total. The van der Waals surface area contributed by atoms with Crippen LogP contribution in [0.4, 0.5) is 0 Å². The van der Waals surface area contributed by atoms with Crippen molar-refractivity contribution in [3.63, 3.8) is 0 Å². The van der Waals surface area contributed by atoms with Gasteiger partial charge in [0, 0.05) is 11.8 Å². The van der Waals surface area contributed by atoms with Crippen molar-refractivity contribution in [3.05, 3.63) is 57.5 Å². The Bertz CT molecular complexity index is 702. The molecule has 0 bridgehead atoms. The minimum atomic E-state index is -0.682. The average molecular weight is 286 g/mol. The van der Waals surface area contributed by atoms with Gasteiger partial charge in [-0.05, 0) is 32.4 Å². The van der Waals surface area contributed by atoms with Gasteiger partial charge >= 0.3 is 5.97 Å². The summed E-state index contributed by atoms with van der Waals surface area (Å²) in [7, 11) is 0. The van der Waals surface area contributed by atoms with Crippen molar-refractivity contribution in [3.8, 4) is 5.69 Å². The van der Waals surface area contributed by atoms with Gasteiger partial charge < -0.3 is 4.74 Å². The second-order valence-corrected chi connectivity index (χ2v) is 4.69. The molecule has 0 unspecified atom stereocenters. The van der Waals surface area contributed by atoms with Crippen LogP contribution in [-0.4, -0.2) is 22.4 Å². The third kappa shape index (κ3) is 3.18. The number of rotatable bonds is 4. The summed E-state index contributed by atoms with van der Waals surface area (Å²) in [5.74, 6) is -0.682. The van der Waals surface area contributed by atoms with E-state index in [9.17, 15) is 9.59 Å². The number of aryl methyl sites for hydroxylation is 2. The summed E-state index contributed by atoms with van der Waals surface area (Å²) < 4.78 is 6.45. The van der Waals surface area contributed by atoms with Gasteiger partial charge in [0.1, 0.15) is 0 Å². The number of hydrogen-bond acceptors (Lipinski definition) is 4. The number of carbonyl (C=O) groups is 1. The summed E-state index contributed by atoms with van der Waals surface area (Å²) in [6.45, 7) is 5.76. The first kappa shape index (κ1) is 15.0. The first-order chi connectivity index (χ1) is 10.1. The molecule has 0 amide bonds. The van der Waals surface area contributed by atoms with E-state index in [1.165, 1.54) is 0 Å². The molecule has 0 fully saturated rings. The minimum Gasteiger partial charge on any atom is -0.461 e. The number of ether oxygens (including phenoxy) is 1. The molecule has 0 saturated carbocycles. The van der Waals surface area contributed by atoms with E-state index < -0.39 is 5.97 Å². The van der Waals surface area contributed by atoms with Crippen LogP contribution in [0.2, 0.25) is 0 Å². The Morgan fingerprint density at radius 1 is 1.24 bits per heavy atom. The molecule has 0 atom stereocenters. The molecule has 0 saturated heterocycles. The molecule has 0 aliphatic carbocycles. The number of nitrogens with zero attached hydrogens (tertiary/aromatic N) is 2. The fourth-order valence-corrected chi connectivity index (χ4v) is 1.95. The molecule has 2 aromatic rings. The largest absolute Gasteiger partial charge is 0.461 e. The Morgan fingerprint density at radius 2 is 1.90 bits per heavy atom. The number of aromatic nitrogens is 2. The molecule has 2 rings (SSSR count). The van der Waals surface area contributed by atoms with Crippen molar-refractivity contribution in [1.82, 2.24) is 9.78 Å². The lowest BCUT2D eigenvalue weighted by atomic mass is 10.2. The number of carbonyl (C=O) groups excluding carboxylic acids is 1. The fourth-order valence-electron chi connectivity index (χ4n) is 1.95. The van der Waals surface area contributed by atoms with E-state index in [4.69, 9.17) is 4.74 Å². The van der Waals surface area contributed by atoms with Crippen LogP contribution in [-0.2, 0) is 11.2 Å². The third-order valence-corrected chi connectivity index (χ3v) is 3.14. The van der Waals surface area contributed by atoms with Crippen molar-refractivity contribution in [2.45, 2.75) is 27.2 Å². The summed E-state index contributed by atoms with van der Waals surface area (Å²) >= 11 is 0. The lowest BCUT2D eigenvalue weighted by Gasteiger charge is -2.10. The molecule has 0 aliphatic rings. The van der Waals surface area contributed by atoms with Gasteiger partial charge in [-0.25, -0.2) is 9.48 Å². The van der Waals surface area contributed by atoms with Crippen molar-refractivity contribution in [1.29, 1.82) is 0 Å². The summed E-state index contributed by atoms with van der Waals surface area (Å²) in [5, 5.41) is 4.13. The Labute approximate surface area is 123 Å². The monoisotopic (exact) mass is 286 g/mol. The van der Waals surface area contributed by atoms with Crippen LogP contribution < -0.4 is 5.43 Å². The number of hydrogen-bond donors (Lipinski definition) is 0. The predicted octanol–water partition coefficient (Wildman–Crippen LogP) is 2.28.